The van der Waals surface area contributed by atoms with Crippen molar-refractivity contribution >= 4 is 36.3 Å². The highest BCUT2D eigenvalue weighted by molar-refractivity contribution is 5.80. The van der Waals surface area contributed by atoms with Gasteiger partial charge in [0, 0.05) is 32.4 Å². The van der Waals surface area contributed by atoms with Gasteiger partial charge >= 0.3 is 42.5 Å². The molecule has 2 atom stereocenters. The minimum atomic E-state index is -5.10. The van der Waals surface area contributed by atoms with Crippen LogP contribution in [-0.2, 0) is 28.8 Å². The first-order chi connectivity index (χ1) is 22.7. The molecule has 0 fully saturated rings. The van der Waals surface area contributed by atoms with Crippen molar-refractivity contribution < 1.29 is 89.0 Å². The molecule has 23 heteroatoms. The van der Waals surface area contributed by atoms with Crippen molar-refractivity contribution in [3.63, 3.8) is 0 Å². The second-order valence-electron chi connectivity index (χ2n) is 10.3. The number of carboxylic acids is 2. The third-order valence-electron chi connectivity index (χ3n) is 6.13. The number of aliphatic carboxylic acids is 2. The number of ether oxygens (including phenoxy) is 2. The summed E-state index contributed by atoms with van der Waals surface area (Å²) in [4.78, 5) is 77.6. The first kappa shape index (κ1) is 44.5. The van der Waals surface area contributed by atoms with Crippen LogP contribution < -0.4 is 21.3 Å². The van der Waals surface area contributed by atoms with E-state index >= 15 is 0 Å². The molecule has 0 saturated carbocycles. The predicted molar refractivity (Wildman–Crippen MR) is 149 cm³/mol. The van der Waals surface area contributed by atoms with Crippen molar-refractivity contribution in [3.8, 4) is 0 Å². The Morgan fingerprint density at radius 1 is 0.612 bits per heavy atom. The normalized spacial score (nSPS) is 12.9. The van der Waals surface area contributed by atoms with Gasteiger partial charge in [-0.25, -0.2) is 56.1 Å². The highest BCUT2D eigenvalue weighted by Gasteiger charge is 2.43. The molecule has 4 amide bonds. The summed E-state index contributed by atoms with van der Waals surface area (Å²) in [5.41, 5.74) is 0. The average molecular weight is 733 g/mol. The van der Waals surface area contributed by atoms with Crippen molar-refractivity contribution in [2.75, 3.05) is 26.3 Å². The van der Waals surface area contributed by atoms with Gasteiger partial charge in [0.15, 0.2) is 0 Å². The zero-order valence-corrected chi connectivity index (χ0v) is 26.2. The number of amides is 4. The lowest BCUT2D eigenvalue weighted by molar-refractivity contribution is -0.190. The zero-order valence-electron chi connectivity index (χ0n) is 26.2. The van der Waals surface area contributed by atoms with E-state index in [0.717, 1.165) is 0 Å². The number of hydrogen-bond acceptors (Lipinski definition) is 10. The quantitative estimate of drug-likeness (QED) is 0.0392. The van der Waals surface area contributed by atoms with Crippen LogP contribution in [0.4, 0.5) is 49.9 Å². The molecule has 0 aliphatic rings. The van der Waals surface area contributed by atoms with Crippen LogP contribution in [-0.4, -0.2) is 103 Å². The van der Waals surface area contributed by atoms with Crippen LogP contribution in [0.2, 0.25) is 0 Å². The summed E-state index contributed by atoms with van der Waals surface area (Å²) < 4.78 is 97.8. The van der Waals surface area contributed by atoms with Crippen molar-refractivity contribution in [1.29, 1.82) is 0 Å². The molecule has 0 aliphatic heterocycles. The monoisotopic (exact) mass is 732 g/mol. The number of rotatable bonds is 22. The standard InChI is InChI=1S/C26H39F7N4O12/c1-2-24(27,28)9-13-47-22(44)36-16(18(38)39)7-4-6-12-35-21(43)48-49-23(45)37-17(19(40)41)8-3-5-11-34-20(42)46-14-10-25(29,30)15-26(31,32)33/h16-17H,2-15H2,1H3,(H,34,42)(H,35,43)(H,36,44)(H,37,45)(H,38,39)(H,40,41). The molecule has 0 heterocycles. The molecule has 6 N–H and O–H groups in total. The van der Waals surface area contributed by atoms with E-state index in [1.54, 1.807) is 0 Å². The van der Waals surface area contributed by atoms with Gasteiger partial charge in [-0.3, -0.25) is 0 Å². The Balaban J connectivity index is 4.22. The van der Waals surface area contributed by atoms with Crippen molar-refractivity contribution in [1.82, 2.24) is 21.3 Å². The number of nitrogens with one attached hydrogen (secondary N) is 4. The molecule has 0 aromatic heterocycles. The topological polar surface area (TPSA) is 228 Å². The Bertz CT molecular complexity index is 1080. The fourth-order valence-corrected chi connectivity index (χ4v) is 3.49. The van der Waals surface area contributed by atoms with E-state index in [9.17, 15) is 69.7 Å². The van der Waals surface area contributed by atoms with Crippen molar-refractivity contribution in [2.24, 2.45) is 0 Å². The number of halogens is 7. The number of carbonyl (C=O) groups excluding carboxylic acids is 4. The first-order valence-corrected chi connectivity index (χ1v) is 14.7. The molecule has 16 nitrogen and oxygen atoms in total. The second kappa shape index (κ2) is 22.2. The van der Waals surface area contributed by atoms with Crippen LogP contribution in [0.1, 0.15) is 71.1 Å². The molecule has 0 rings (SSSR count). The molecule has 0 bridgehead atoms. The maximum absolute atomic E-state index is 13.2. The number of hydrogen-bond donors (Lipinski definition) is 6. The van der Waals surface area contributed by atoms with Gasteiger partial charge in [0.1, 0.15) is 18.5 Å². The molecule has 0 saturated heterocycles. The Kier molecular flexibility index (Phi) is 20.2. The molecule has 0 aromatic rings. The van der Waals surface area contributed by atoms with Gasteiger partial charge in [-0.05, 0) is 38.5 Å². The van der Waals surface area contributed by atoms with E-state index in [0.29, 0.717) is 0 Å². The fraction of sp³-hybridized carbons (Fsp3) is 0.769. The van der Waals surface area contributed by atoms with E-state index in [1.807, 2.05) is 10.6 Å². The molecular weight excluding hydrogens is 693 g/mol. The molecule has 0 aliphatic carbocycles. The van der Waals surface area contributed by atoms with Gasteiger partial charge in [-0.1, -0.05) is 6.92 Å². The Morgan fingerprint density at radius 2 is 1.04 bits per heavy atom. The number of carbonyl (C=O) groups is 6. The van der Waals surface area contributed by atoms with E-state index < -0.39 is 105 Å². The van der Waals surface area contributed by atoms with Gasteiger partial charge in [-0.15, -0.1) is 0 Å². The minimum Gasteiger partial charge on any atom is -0.480 e. The average Bonchev–Trinajstić information content (AvgIpc) is 2.96. The summed E-state index contributed by atoms with van der Waals surface area (Å²) in [6.45, 7) is -0.613. The van der Waals surface area contributed by atoms with Crippen LogP contribution in [0.15, 0.2) is 0 Å². The molecule has 2 unspecified atom stereocenters. The molecule has 49 heavy (non-hydrogen) atoms. The van der Waals surface area contributed by atoms with Gasteiger partial charge in [-0.2, -0.15) is 13.2 Å². The largest absolute Gasteiger partial charge is 0.480 e. The minimum absolute atomic E-state index is 0.0693. The Hall–Kier alpha value is -4.47. The van der Waals surface area contributed by atoms with E-state index in [-0.39, 0.29) is 51.6 Å². The third-order valence-corrected chi connectivity index (χ3v) is 6.13. The van der Waals surface area contributed by atoms with Crippen LogP contribution in [0, 0.1) is 0 Å². The van der Waals surface area contributed by atoms with Crippen LogP contribution in [0.5, 0.6) is 0 Å². The number of alkyl carbamates (subject to hydrolysis) is 2. The van der Waals surface area contributed by atoms with Gasteiger partial charge in [0.05, 0.1) is 13.2 Å². The molecule has 284 valence electrons. The second-order valence-corrected chi connectivity index (χ2v) is 10.3. The number of carboxylic acid groups (broad SMARTS) is 2. The Morgan fingerprint density at radius 3 is 1.51 bits per heavy atom. The smallest absolute Gasteiger partial charge is 0.451 e. The summed E-state index contributed by atoms with van der Waals surface area (Å²) in [6, 6.07) is -2.95. The Labute approximate surface area is 274 Å². The van der Waals surface area contributed by atoms with E-state index in [2.05, 4.69) is 29.9 Å². The van der Waals surface area contributed by atoms with Gasteiger partial charge in [0.2, 0.25) is 0 Å². The lowest BCUT2D eigenvalue weighted by Gasteiger charge is -2.18. The van der Waals surface area contributed by atoms with Gasteiger partial charge < -0.3 is 41.0 Å². The summed E-state index contributed by atoms with van der Waals surface area (Å²) in [6.07, 6.45) is -15.0. The summed E-state index contributed by atoms with van der Waals surface area (Å²) in [5, 5.41) is 26.6. The predicted octanol–water partition coefficient (Wildman–Crippen LogP) is 4.47. The summed E-state index contributed by atoms with van der Waals surface area (Å²) in [5.74, 6) is -10.1. The summed E-state index contributed by atoms with van der Waals surface area (Å²) >= 11 is 0. The highest BCUT2D eigenvalue weighted by Crippen LogP contribution is 2.33. The lowest BCUT2D eigenvalue weighted by Crippen LogP contribution is -2.42. The maximum Gasteiger partial charge on any atom is 0.451 e. The van der Waals surface area contributed by atoms with Gasteiger partial charge in [0.25, 0.3) is 11.8 Å². The SMILES string of the molecule is CCC(F)(F)CCOC(=O)NC(CCCCNC(=O)OOC(=O)NC(CCCCNC(=O)OCCC(F)(F)CC(F)(F)F)C(=O)O)C(=O)O. The van der Waals surface area contributed by atoms with Crippen LogP contribution in [0.3, 0.4) is 0 Å². The molecular formula is C26H39F7N4O12. The number of alkyl halides is 7. The fourth-order valence-electron chi connectivity index (χ4n) is 3.49. The van der Waals surface area contributed by atoms with Crippen molar-refractivity contribution in [3.05, 3.63) is 0 Å². The van der Waals surface area contributed by atoms with E-state index in [4.69, 9.17) is 0 Å². The highest BCUT2D eigenvalue weighted by atomic mass is 19.4. The maximum atomic E-state index is 13.2. The number of unbranched alkanes of at least 4 members (excludes halogenated alkanes) is 2. The molecule has 0 spiro atoms. The third kappa shape index (κ3) is 24.3. The first-order valence-electron chi connectivity index (χ1n) is 14.7. The molecule has 0 radical (unpaired) electrons. The zero-order chi connectivity index (χ0) is 37.7. The van der Waals surface area contributed by atoms with E-state index in [1.165, 1.54) is 6.92 Å². The lowest BCUT2D eigenvalue weighted by atomic mass is 10.1. The van der Waals surface area contributed by atoms with Crippen LogP contribution in [0.25, 0.3) is 0 Å². The summed E-state index contributed by atoms with van der Waals surface area (Å²) in [7, 11) is 0. The van der Waals surface area contributed by atoms with Crippen LogP contribution >= 0.6 is 0 Å². The molecule has 0 aromatic carbocycles. The van der Waals surface area contributed by atoms with Crippen molar-refractivity contribution in [2.45, 2.75) is 101 Å².